The quantitative estimate of drug-likeness (QED) is 0.777. The Morgan fingerprint density at radius 3 is 2.58 bits per heavy atom. The van der Waals surface area contributed by atoms with Gasteiger partial charge >= 0.3 is 0 Å². The molecule has 0 amide bonds. The molecule has 1 aromatic heterocycles. The van der Waals surface area contributed by atoms with Crippen LogP contribution in [0.3, 0.4) is 0 Å². The molecule has 0 spiro atoms. The van der Waals surface area contributed by atoms with Crippen molar-refractivity contribution in [2.75, 3.05) is 11.9 Å². The molecule has 0 aliphatic heterocycles. The van der Waals surface area contributed by atoms with Crippen LogP contribution in [0.4, 0.5) is 5.69 Å². The maximum atomic E-state index is 9.62. The second-order valence-electron chi connectivity index (χ2n) is 4.47. The Balaban J connectivity index is 2.15. The Kier molecular flexibility index (Phi) is 5.06. The van der Waals surface area contributed by atoms with E-state index in [9.17, 15) is 5.11 Å². The summed E-state index contributed by atoms with van der Waals surface area (Å²) in [4.78, 5) is 3.50. The summed E-state index contributed by atoms with van der Waals surface area (Å²) < 4.78 is 2.07. The molecule has 2 aromatic rings. The van der Waals surface area contributed by atoms with Crippen molar-refractivity contribution in [1.29, 1.82) is 0 Å². The Labute approximate surface area is 134 Å². The van der Waals surface area contributed by atoms with Gasteiger partial charge < -0.3 is 10.0 Å². The second kappa shape index (κ2) is 6.39. The minimum Gasteiger partial charge on any atom is -0.389 e. The topological polar surface area (TPSA) is 23.5 Å². The van der Waals surface area contributed by atoms with Gasteiger partial charge in [0.15, 0.2) is 0 Å². The fraction of sp³-hybridized carbons (Fsp3) is 0.286. The maximum Gasteiger partial charge on any atom is 0.0772 e. The van der Waals surface area contributed by atoms with E-state index in [-0.39, 0.29) is 0 Å². The predicted octanol–water partition coefficient (Wildman–Crippen LogP) is 4.96. The number of thiophene rings is 1. The molecule has 2 nitrogen and oxygen atoms in total. The summed E-state index contributed by atoms with van der Waals surface area (Å²) in [5, 5.41) is 11.7. The van der Waals surface area contributed by atoms with E-state index in [0.717, 1.165) is 26.7 Å². The van der Waals surface area contributed by atoms with Crippen LogP contribution in [0.25, 0.3) is 0 Å². The Bertz CT molecular complexity index is 568. The van der Waals surface area contributed by atoms with E-state index in [2.05, 4.69) is 55.3 Å². The van der Waals surface area contributed by atoms with Crippen molar-refractivity contribution >= 4 is 48.9 Å². The first kappa shape index (κ1) is 15.0. The molecule has 0 radical (unpaired) electrons. The van der Waals surface area contributed by atoms with Crippen LogP contribution in [0.2, 0.25) is 0 Å². The maximum absolute atomic E-state index is 9.62. The largest absolute Gasteiger partial charge is 0.389 e. The fourth-order valence-corrected chi connectivity index (χ4v) is 4.06. The molecule has 0 saturated heterocycles. The second-order valence-corrected chi connectivity index (χ2v) is 7.23. The van der Waals surface area contributed by atoms with Gasteiger partial charge in [-0.2, -0.15) is 0 Å². The number of hydrogen-bond donors (Lipinski definition) is 1. The van der Waals surface area contributed by atoms with Gasteiger partial charge in [-0.1, -0.05) is 22.0 Å². The van der Waals surface area contributed by atoms with Crippen molar-refractivity contribution in [2.45, 2.75) is 19.6 Å². The molecule has 102 valence electrons. The summed E-state index contributed by atoms with van der Waals surface area (Å²) in [7, 11) is 2.07. The fourth-order valence-electron chi connectivity index (χ4n) is 1.85. The summed E-state index contributed by atoms with van der Waals surface area (Å²) in [5.74, 6) is 0. The van der Waals surface area contributed by atoms with Crippen molar-refractivity contribution in [1.82, 2.24) is 0 Å². The zero-order chi connectivity index (χ0) is 14.0. The van der Waals surface area contributed by atoms with E-state index < -0.39 is 6.10 Å². The normalized spacial score (nSPS) is 12.5. The molecule has 0 aliphatic rings. The third-order valence-corrected chi connectivity index (χ3v) is 5.26. The highest BCUT2D eigenvalue weighted by Crippen LogP contribution is 2.29. The van der Waals surface area contributed by atoms with Crippen LogP contribution >= 0.6 is 43.2 Å². The highest BCUT2D eigenvalue weighted by Gasteiger charge is 2.09. The number of aliphatic hydroxyl groups excluding tert-OH is 1. The van der Waals surface area contributed by atoms with Gasteiger partial charge in [0.1, 0.15) is 0 Å². The molecule has 0 fully saturated rings. The highest BCUT2D eigenvalue weighted by molar-refractivity contribution is 9.10. The molecule has 2 rings (SSSR count). The zero-order valence-electron chi connectivity index (χ0n) is 10.7. The smallest absolute Gasteiger partial charge is 0.0772 e. The van der Waals surface area contributed by atoms with Crippen molar-refractivity contribution < 1.29 is 5.11 Å². The lowest BCUT2D eigenvalue weighted by molar-refractivity contribution is 0.198. The van der Waals surface area contributed by atoms with Crippen molar-refractivity contribution in [2.24, 2.45) is 0 Å². The van der Waals surface area contributed by atoms with Gasteiger partial charge in [0.2, 0.25) is 0 Å². The molecule has 0 saturated carbocycles. The lowest BCUT2D eigenvalue weighted by atomic mass is 10.1. The summed E-state index contributed by atoms with van der Waals surface area (Å²) in [6.07, 6.45) is -0.456. The Hall–Kier alpha value is -0.360. The van der Waals surface area contributed by atoms with Gasteiger partial charge in [0.05, 0.1) is 12.6 Å². The van der Waals surface area contributed by atoms with Gasteiger partial charge in [0.25, 0.3) is 0 Å². The van der Waals surface area contributed by atoms with Crippen LogP contribution in [0.5, 0.6) is 0 Å². The molecule has 19 heavy (non-hydrogen) atoms. The van der Waals surface area contributed by atoms with Gasteiger partial charge in [-0.05, 0) is 46.6 Å². The van der Waals surface area contributed by atoms with E-state index in [1.165, 1.54) is 4.88 Å². The first-order valence-corrected chi connectivity index (χ1v) is 8.35. The molecule has 0 aliphatic carbocycles. The summed E-state index contributed by atoms with van der Waals surface area (Å²) in [6.45, 7) is 2.64. The van der Waals surface area contributed by atoms with Gasteiger partial charge in [-0.3, -0.25) is 0 Å². The summed E-state index contributed by atoms with van der Waals surface area (Å²) in [6, 6.07) is 8.19. The van der Waals surface area contributed by atoms with Crippen LogP contribution in [0, 0.1) is 0 Å². The first-order valence-electron chi connectivity index (χ1n) is 5.89. The van der Waals surface area contributed by atoms with Crippen LogP contribution < -0.4 is 4.90 Å². The Morgan fingerprint density at radius 2 is 2.05 bits per heavy atom. The summed E-state index contributed by atoms with van der Waals surface area (Å²) in [5.41, 5.74) is 2.04. The molecule has 1 aromatic carbocycles. The van der Waals surface area contributed by atoms with E-state index in [0.29, 0.717) is 0 Å². The Morgan fingerprint density at radius 1 is 1.32 bits per heavy atom. The monoisotopic (exact) mass is 403 g/mol. The van der Waals surface area contributed by atoms with Crippen molar-refractivity contribution in [3.8, 4) is 0 Å². The number of benzene rings is 1. The number of hydrogen-bond acceptors (Lipinski definition) is 3. The molecule has 1 heterocycles. The molecular weight excluding hydrogens is 390 g/mol. The molecule has 0 unspecified atom stereocenters. The van der Waals surface area contributed by atoms with E-state index in [1.807, 2.05) is 18.2 Å². The molecule has 0 bridgehead atoms. The molecule has 1 atom stereocenters. The third kappa shape index (κ3) is 3.81. The first-order chi connectivity index (χ1) is 8.97. The highest BCUT2D eigenvalue weighted by atomic mass is 79.9. The van der Waals surface area contributed by atoms with E-state index in [4.69, 9.17) is 0 Å². The SMILES string of the molecule is C[C@H](O)c1ccc(N(C)Cc2cc(Br)cs2)cc1Br. The van der Waals surface area contributed by atoms with Crippen LogP contribution in [0.1, 0.15) is 23.5 Å². The third-order valence-electron chi connectivity index (χ3n) is 2.89. The number of nitrogens with zero attached hydrogens (tertiary/aromatic N) is 1. The minimum absolute atomic E-state index is 0.456. The summed E-state index contributed by atoms with van der Waals surface area (Å²) >= 11 is 8.73. The number of aliphatic hydroxyl groups is 1. The van der Waals surface area contributed by atoms with E-state index >= 15 is 0 Å². The van der Waals surface area contributed by atoms with Crippen LogP contribution in [-0.2, 0) is 6.54 Å². The minimum atomic E-state index is -0.456. The average molecular weight is 405 g/mol. The zero-order valence-corrected chi connectivity index (χ0v) is 14.7. The lowest BCUT2D eigenvalue weighted by Gasteiger charge is -2.20. The number of anilines is 1. The standard InChI is InChI=1S/C14H15Br2NOS/c1-9(18)13-4-3-11(6-14(13)16)17(2)7-12-5-10(15)8-19-12/h3-6,8-9,18H,7H2,1-2H3/t9-/m0/s1. The molecule has 1 N–H and O–H groups in total. The number of halogens is 2. The average Bonchev–Trinajstić information content (AvgIpc) is 2.74. The molecular formula is C14H15Br2NOS. The van der Waals surface area contributed by atoms with Crippen LogP contribution in [-0.4, -0.2) is 12.2 Å². The number of rotatable bonds is 4. The lowest BCUT2D eigenvalue weighted by Crippen LogP contribution is -2.15. The molecule has 5 heteroatoms. The van der Waals surface area contributed by atoms with Crippen molar-refractivity contribution in [3.05, 3.63) is 49.0 Å². The van der Waals surface area contributed by atoms with E-state index in [1.54, 1.807) is 18.3 Å². The van der Waals surface area contributed by atoms with Gasteiger partial charge in [-0.25, -0.2) is 0 Å². The van der Waals surface area contributed by atoms with Crippen LogP contribution in [0.15, 0.2) is 38.6 Å². The van der Waals surface area contributed by atoms with Crippen molar-refractivity contribution in [3.63, 3.8) is 0 Å². The predicted molar refractivity (Wildman–Crippen MR) is 88.9 cm³/mol. The van der Waals surface area contributed by atoms with Gasteiger partial charge in [0, 0.05) is 31.9 Å². The van der Waals surface area contributed by atoms with Gasteiger partial charge in [-0.15, -0.1) is 11.3 Å².